The zero-order valence-electron chi connectivity index (χ0n) is 11.3. The van der Waals surface area contributed by atoms with Crippen molar-refractivity contribution in [2.24, 2.45) is 11.8 Å². The molecule has 2 aliphatic rings. The summed E-state index contributed by atoms with van der Waals surface area (Å²) >= 11 is 0. The third-order valence-corrected chi connectivity index (χ3v) is 6.49. The van der Waals surface area contributed by atoms with Crippen LogP contribution in [0.5, 0.6) is 0 Å². The first-order chi connectivity index (χ1) is 9.54. The molecule has 20 heavy (non-hydrogen) atoms. The fourth-order valence-corrected chi connectivity index (χ4v) is 4.92. The van der Waals surface area contributed by atoms with Gasteiger partial charge in [0.1, 0.15) is 5.82 Å². The maximum atomic E-state index is 12.7. The second-order valence-corrected chi connectivity index (χ2v) is 7.86. The SMILES string of the molecule is Cc1nc2ccc(S(=O)(=O)N3C[C@H]4CC[C@H]4C3)cc2[nH]1. The molecule has 2 heterocycles. The molecule has 6 heteroatoms. The minimum atomic E-state index is -3.36. The van der Waals surface area contributed by atoms with Crippen LogP contribution in [-0.4, -0.2) is 35.8 Å². The van der Waals surface area contributed by atoms with Gasteiger partial charge in [-0.05, 0) is 49.8 Å². The number of sulfonamides is 1. The largest absolute Gasteiger partial charge is 0.342 e. The van der Waals surface area contributed by atoms with Gasteiger partial charge in [0, 0.05) is 13.1 Å². The van der Waals surface area contributed by atoms with E-state index in [9.17, 15) is 8.42 Å². The number of hydrogen-bond acceptors (Lipinski definition) is 3. The molecule has 0 unspecified atom stereocenters. The minimum absolute atomic E-state index is 0.370. The van der Waals surface area contributed by atoms with Gasteiger partial charge in [-0.25, -0.2) is 13.4 Å². The van der Waals surface area contributed by atoms with Crippen molar-refractivity contribution in [3.05, 3.63) is 24.0 Å². The van der Waals surface area contributed by atoms with Crippen LogP contribution in [0.2, 0.25) is 0 Å². The first-order valence-corrected chi connectivity index (χ1v) is 8.44. The molecular weight excluding hydrogens is 274 g/mol. The Kier molecular flexibility index (Phi) is 2.50. The van der Waals surface area contributed by atoms with Crippen molar-refractivity contribution in [1.82, 2.24) is 14.3 Å². The average Bonchev–Trinajstić information content (AvgIpc) is 2.88. The van der Waals surface area contributed by atoms with E-state index in [0.29, 0.717) is 29.8 Å². The van der Waals surface area contributed by atoms with Crippen LogP contribution in [0.15, 0.2) is 23.1 Å². The fraction of sp³-hybridized carbons (Fsp3) is 0.500. The van der Waals surface area contributed by atoms with Crippen molar-refractivity contribution >= 4 is 21.1 Å². The highest BCUT2D eigenvalue weighted by molar-refractivity contribution is 7.89. The van der Waals surface area contributed by atoms with Gasteiger partial charge in [-0.2, -0.15) is 4.31 Å². The Morgan fingerprint density at radius 3 is 2.60 bits per heavy atom. The first-order valence-electron chi connectivity index (χ1n) is 7.00. The van der Waals surface area contributed by atoms with E-state index in [4.69, 9.17) is 0 Å². The molecule has 1 aromatic carbocycles. The van der Waals surface area contributed by atoms with Crippen molar-refractivity contribution in [2.45, 2.75) is 24.7 Å². The van der Waals surface area contributed by atoms with Gasteiger partial charge in [0.2, 0.25) is 10.0 Å². The molecule has 1 N–H and O–H groups in total. The van der Waals surface area contributed by atoms with Gasteiger partial charge in [0.05, 0.1) is 15.9 Å². The van der Waals surface area contributed by atoms with Gasteiger partial charge in [0.15, 0.2) is 0 Å². The summed E-state index contributed by atoms with van der Waals surface area (Å²) < 4.78 is 27.0. The molecule has 1 saturated heterocycles. The van der Waals surface area contributed by atoms with Gasteiger partial charge in [-0.3, -0.25) is 0 Å². The van der Waals surface area contributed by atoms with E-state index in [1.54, 1.807) is 22.5 Å². The number of imidazole rings is 1. The molecule has 106 valence electrons. The third kappa shape index (κ3) is 1.71. The Morgan fingerprint density at radius 1 is 1.25 bits per heavy atom. The standard InChI is InChI=1S/C14H17N3O2S/c1-9-15-13-5-4-12(6-14(13)16-9)20(18,19)17-7-10-2-3-11(10)8-17/h4-6,10-11H,2-3,7-8H2,1H3,(H,15,16)/t10-,11+. The van der Waals surface area contributed by atoms with E-state index in [2.05, 4.69) is 9.97 Å². The Labute approximate surface area is 118 Å². The molecule has 0 amide bonds. The molecule has 2 fully saturated rings. The Bertz CT molecular complexity index is 769. The van der Waals surface area contributed by atoms with E-state index >= 15 is 0 Å². The monoisotopic (exact) mass is 291 g/mol. The Morgan fingerprint density at radius 2 is 1.95 bits per heavy atom. The summed E-state index contributed by atoms with van der Waals surface area (Å²) in [7, 11) is -3.36. The lowest BCUT2D eigenvalue weighted by Crippen LogP contribution is -2.28. The molecule has 4 rings (SSSR count). The predicted molar refractivity (Wildman–Crippen MR) is 75.8 cm³/mol. The summed E-state index contributed by atoms with van der Waals surface area (Å²) in [5.41, 5.74) is 1.59. The number of aromatic amines is 1. The van der Waals surface area contributed by atoms with Crippen LogP contribution in [0.1, 0.15) is 18.7 Å². The number of nitrogens with one attached hydrogen (secondary N) is 1. The number of aromatic nitrogens is 2. The maximum absolute atomic E-state index is 12.7. The molecule has 1 saturated carbocycles. The van der Waals surface area contributed by atoms with E-state index in [0.717, 1.165) is 16.9 Å². The van der Waals surface area contributed by atoms with E-state index in [1.165, 1.54) is 12.8 Å². The van der Waals surface area contributed by atoms with Crippen LogP contribution in [0.4, 0.5) is 0 Å². The van der Waals surface area contributed by atoms with Crippen LogP contribution < -0.4 is 0 Å². The van der Waals surface area contributed by atoms with Crippen LogP contribution in [-0.2, 0) is 10.0 Å². The zero-order valence-corrected chi connectivity index (χ0v) is 12.2. The van der Waals surface area contributed by atoms with Crippen LogP contribution in [0.3, 0.4) is 0 Å². The Hall–Kier alpha value is -1.40. The third-order valence-electron chi connectivity index (χ3n) is 4.66. The van der Waals surface area contributed by atoms with Crippen LogP contribution >= 0.6 is 0 Å². The van der Waals surface area contributed by atoms with Gasteiger partial charge < -0.3 is 4.98 Å². The minimum Gasteiger partial charge on any atom is -0.342 e. The number of H-pyrrole nitrogens is 1. The van der Waals surface area contributed by atoms with Gasteiger partial charge in [0.25, 0.3) is 0 Å². The summed E-state index contributed by atoms with van der Waals surface area (Å²) in [5, 5.41) is 0. The maximum Gasteiger partial charge on any atom is 0.243 e. The molecular formula is C14H17N3O2S. The summed E-state index contributed by atoms with van der Waals surface area (Å²) in [6.45, 7) is 3.24. The van der Waals surface area contributed by atoms with E-state index in [-0.39, 0.29) is 0 Å². The molecule has 1 aliphatic carbocycles. The lowest BCUT2D eigenvalue weighted by Gasteiger charge is -2.27. The number of fused-ring (bicyclic) bond motifs is 2. The molecule has 1 aliphatic heterocycles. The molecule has 0 bridgehead atoms. The summed E-state index contributed by atoms with van der Waals surface area (Å²) in [6, 6.07) is 5.14. The molecule has 2 aromatic rings. The van der Waals surface area contributed by atoms with Crippen molar-refractivity contribution in [3.8, 4) is 0 Å². The second-order valence-electron chi connectivity index (χ2n) is 5.92. The molecule has 0 radical (unpaired) electrons. The van der Waals surface area contributed by atoms with Gasteiger partial charge in [-0.1, -0.05) is 0 Å². The molecule has 0 spiro atoms. The van der Waals surface area contributed by atoms with Crippen molar-refractivity contribution < 1.29 is 8.42 Å². The first kappa shape index (κ1) is 12.3. The zero-order chi connectivity index (χ0) is 13.9. The van der Waals surface area contributed by atoms with E-state index < -0.39 is 10.0 Å². The highest BCUT2D eigenvalue weighted by atomic mass is 32.2. The van der Waals surface area contributed by atoms with Crippen molar-refractivity contribution in [3.63, 3.8) is 0 Å². The quantitative estimate of drug-likeness (QED) is 0.919. The van der Waals surface area contributed by atoms with Crippen molar-refractivity contribution in [1.29, 1.82) is 0 Å². The second kappa shape index (κ2) is 4.05. The molecule has 1 aromatic heterocycles. The van der Waals surface area contributed by atoms with Crippen LogP contribution in [0.25, 0.3) is 11.0 Å². The number of nitrogens with zero attached hydrogens (tertiary/aromatic N) is 2. The molecule has 2 atom stereocenters. The average molecular weight is 291 g/mol. The number of rotatable bonds is 2. The number of hydrogen-bond donors (Lipinski definition) is 1. The number of aryl methyl sites for hydroxylation is 1. The molecule has 5 nitrogen and oxygen atoms in total. The van der Waals surface area contributed by atoms with Gasteiger partial charge >= 0.3 is 0 Å². The highest BCUT2D eigenvalue weighted by Crippen LogP contribution is 2.42. The lowest BCUT2D eigenvalue weighted by molar-refractivity contribution is 0.243. The smallest absolute Gasteiger partial charge is 0.243 e. The Balaban J connectivity index is 1.73. The normalized spacial score (nSPS) is 26.6. The summed E-state index contributed by atoms with van der Waals surface area (Å²) in [4.78, 5) is 7.77. The topological polar surface area (TPSA) is 66.1 Å². The summed E-state index contributed by atoms with van der Waals surface area (Å²) in [6.07, 6.45) is 2.35. The van der Waals surface area contributed by atoms with Gasteiger partial charge in [-0.15, -0.1) is 0 Å². The van der Waals surface area contributed by atoms with Crippen LogP contribution in [0, 0.1) is 18.8 Å². The van der Waals surface area contributed by atoms with E-state index in [1.807, 2.05) is 6.92 Å². The predicted octanol–water partition coefficient (Wildman–Crippen LogP) is 1.90. The lowest BCUT2D eigenvalue weighted by atomic mass is 9.77. The summed E-state index contributed by atoms with van der Waals surface area (Å²) in [5.74, 6) is 1.97. The highest BCUT2D eigenvalue weighted by Gasteiger charge is 2.43. The number of benzene rings is 1. The van der Waals surface area contributed by atoms with Crippen molar-refractivity contribution in [2.75, 3.05) is 13.1 Å². The fourth-order valence-electron chi connectivity index (χ4n) is 3.34.